The highest BCUT2D eigenvalue weighted by Crippen LogP contribution is 2.22. The van der Waals surface area contributed by atoms with Crippen LogP contribution in [0.1, 0.15) is 5.56 Å². The van der Waals surface area contributed by atoms with Gasteiger partial charge in [0.05, 0.1) is 6.26 Å². The monoisotopic (exact) mass is 240 g/mol. The Morgan fingerprint density at radius 3 is 2.83 bits per heavy atom. The molecule has 0 saturated heterocycles. The molecular formula is C13H12N4O. The van der Waals surface area contributed by atoms with E-state index >= 15 is 0 Å². The van der Waals surface area contributed by atoms with Gasteiger partial charge in [-0.3, -0.25) is 0 Å². The minimum Gasteiger partial charge on any atom is -0.463 e. The Labute approximate surface area is 104 Å². The van der Waals surface area contributed by atoms with Gasteiger partial charge >= 0.3 is 0 Å². The molecule has 0 atom stereocenters. The smallest absolute Gasteiger partial charge is 0.155 e. The number of hydrogen-bond donors (Lipinski definition) is 1. The van der Waals surface area contributed by atoms with Gasteiger partial charge in [0.15, 0.2) is 11.6 Å². The lowest BCUT2D eigenvalue weighted by Crippen LogP contribution is -2.03. The second-order valence-electron chi connectivity index (χ2n) is 4.04. The van der Waals surface area contributed by atoms with Crippen LogP contribution < -0.4 is 5.73 Å². The van der Waals surface area contributed by atoms with E-state index in [1.165, 1.54) is 0 Å². The largest absolute Gasteiger partial charge is 0.463 e. The van der Waals surface area contributed by atoms with Crippen LogP contribution in [-0.2, 0) is 0 Å². The molecule has 3 rings (SSSR count). The fraction of sp³-hybridized carbons (Fsp3) is 0.0769. The van der Waals surface area contributed by atoms with Crippen molar-refractivity contribution in [1.82, 2.24) is 14.8 Å². The molecule has 0 spiro atoms. The summed E-state index contributed by atoms with van der Waals surface area (Å²) in [7, 11) is 0. The predicted molar refractivity (Wildman–Crippen MR) is 68.2 cm³/mol. The summed E-state index contributed by atoms with van der Waals surface area (Å²) >= 11 is 0. The number of rotatable bonds is 2. The molecule has 3 aromatic rings. The third-order valence-corrected chi connectivity index (χ3v) is 2.62. The zero-order valence-corrected chi connectivity index (χ0v) is 9.87. The zero-order valence-electron chi connectivity index (χ0n) is 9.87. The van der Waals surface area contributed by atoms with Gasteiger partial charge in [-0.2, -0.15) is 9.78 Å². The average Bonchev–Trinajstić information content (AvgIpc) is 2.99. The number of aryl methyl sites for hydroxylation is 1. The molecule has 3 aromatic heterocycles. The standard InChI is InChI=1S/C13H12N4O/c1-9-4-5-13(15-8-9)17-12(14)7-10(16-17)11-3-2-6-18-11/h2-8H,14H2,1H3. The molecule has 90 valence electrons. The molecule has 0 aliphatic carbocycles. The number of hydrogen-bond acceptors (Lipinski definition) is 4. The van der Waals surface area contributed by atoms with Crippen LogP contribution in [-0.4, -0.2) is 14.8 Å². The molecule has 0 bridgehead atoms. The zero-order chi connectivity index (χ0) is 12.5. The summed E-state index contributed by atoms with van der Waals surface area (Å²) in [5.41, 5.74) is 7.72. The summed E-state index contributed by atoms with van der Waals surface area (Å²) < 4.78 is 6.89. The molecule has 0 aliphatic heterocycles. The predicted octanol–water partition coefficient (Wildman–Crippen LogP) is 2.42. The van der Waals surface area contributed by atoms with Crippen molar-refractivity contribution in [3.63, 3.8) is 0 Å². The first-order chi connectivity index (χ1) is 8.74. The fourth-order valence-electron chi connectivity index (χ4n) is 1.71. The molecular weight excluding hydrogens is 228 g/mol. The van der Waals surface area contributed by atoms with E-state index in [1.54, 1.807) is 23.2 Å². The summed E-state index contributed by atoms with van der Waals surface area (Å²) in [6.07, 6.45) is 3.39. The van der Waals surface area contributed by atoms with Crippen molar-refractivity contribution in [1.29, 1.82) is 0 Å². The third kappa shape index (κ3) is 1.75. The number of pyridine rings is 1. The van der Waals surface area contributed by atoms with E-state index in [0.717, 1.165) is 5.56 Å². The van der Waals surface area contributed by atoms with Crippen molar-refractivity contribution in [2.24, 2.45) is 0 Å². The van der Waals surface area contributed by atoms with Crippen LogP contribution in [0.25, 0.3) is 17.3 Å². The van der Waals surface area contributed by atoms with E-state index in [9.17, 15) is 0 Å². The van der Waals surface area contributed by atoms with E-state index in [2.05, 4.69) is 10.1 Å². The molecule has 0 aliphatic rings. The first-order valence-corrected chi connectivity index (χ1v) is 5.56. The van der Waals surface area contributed by atoms with Crippen LogP contribution >= 0.6 is 0 Å². The molecule has 0 aromatic carbocycles. The summed E-state index contributed by atoms with van der Waals surface area (Å²) in [4.78, 5) is 4.29. The molecule has 0 saturated carbocycles. The van der Waals surface area contributed by atoms with Gasteiger partial charge in [0.1, 0.15) is 11.5 Å². The number of nitrogens with zero attached hydrogens (tertiary/aromatic N) is 3. The number of nitrogens with two attached hydrogens (primary N) is 1. The molecule has 3 heterocycles. The lowest BCUT2D eigenvalue weighted by molar-refractivity contribution is 0.579. The molecule has 5 heteroatoms. The Balaban J connectivity index is 2.06. The second kappa shape index (κ2) is 4.03. The minimum absolute atomic E-state index is 0.526. The summed E-state index contributed by atoms with van der Waals surface area (Å²) in [6.45, 7) is 1.98. The van der Waals surface area contributed by atoms with Crippen molar-refractivity contribution in [3.8, 4) is 17.3 Å². The maximum absolute atomic E-state index is 5.94. The van der Waals surface area contributed by atoms with Crippen molar-refractivity contribution in [2.45, 2.75) is 6.92 Å². The SMILES string of the molecule is Cc1ccc(-n2nc(-c3ccco3)cc2N)nc1. The minimum atomic E-state index is 0.526. The van der Waals surface area contributed by atoms with E-state index in [4.69, 9.17) is 10.2 Å². The van der Waals surface area contributed by atoms with Crippen LogP contribution in [0.5, 0.6) is 0 Å². The van der Waals surface area contributed by atoms with Crippen LogP contribution in [0.3, 0.4) is 0 Å². The first-order valence-electron chi connectivity index (χ1n) is 5.56. The Hall–Kier alpha value is -2.56. The highest BCUT2D eigenvalue weighted by Gasteiger charge is 2.11. The van der Waals surface area contributed by atoms with Crippen molar-refractivity contribution in [2.75, 3.05) is 5.73 Å². The van der Waals surface area contributed by atoms with Gasteiger partial charge in [0.25, 0.3) is 0 Å². The second-order valence-corrected chi connectivity index (χ2v) is 4.04. The van der Waals surface area contributed by atoms with E-state index in [1.807, 2.05) is 31.2 Å². The lowest BCUT2D eigenvalue weighted by atomic mass is 10.3. The topological polar surface area (TPSA) is 69.9 Å². The molecule has 5 nitrogen and oxygen atoms in total. The number of nitrogen functional groups attached to an aromatic ring is 1. The van der Waals surface area contributed by atoms with E-state index in [0.29, 0.717) is 23.1 Å². The molecule has 2 N–H and O–H groups in total. The Kier molecular flexibility index (Phi) is 2.37. The quantitative estimate of drug-likeness (QED) is 0.746. The molecule has 0 amide bonds. The van der Waals surface area contributed by atoms with Crippen LogP contribution in [0.15, 0.2) is 47.2 Å². The summed E-state index contributed by atoms with van der Waals surface area (Å²) in [5.74, 6) is 1.90. The number of aromatic nitrogens is 3. The molecule has 0 fully saturated rings. The molecule has 0 unspecified atom stereocenters. The van der Waals surface area contributed by atoms with Gasteiger partial charge in [-0.25, -0.2) is 4.98 Å². The molecule has 18 heavy (non-hydrogen) atoms. The summed E-state index contributed by atoms with van der Waals surface area (Å²) in [6, 6.07) is 9.27. The van der Waals surface area contributed by atoms with Crippen molar-refractivity contribution >= 4 is 5.82 Å². The van der Waals surface area contributed by atoms with Gasteiger partial charge in [0.2, 0.25) is 0 Å². The Morgan fingerprint density at radius 1 is 1.28 bits per heavy atom. The molecule has 0 radical (unpaired) electrons. The maximum atomic E-state index is 5.94. The fourth-order valence-corrected chi connectivity index (χ4v) is 1.71. The Bertz CT molecular complexity index is 653. The first kappa shape index (κ1) is 10.6. The van der Waals surface area contributed by atoms with Gasteiger partial charge in [-0.1, -0.05) is 6.07 Å². The van der Waals surface area contributed by atoms with E-state index in [-0.39, 0.29) is 0 Å². The van der Waals surface area contributed by atoms with Gasteiger partial charge < -0.3 is 10.2 Å². The van der Waals surface area contributed by atoms with Gasteiger partial charge in [-0.05, 0) is 30.7 Å². The Morgan fingerprint density at radius 2 is 2.17 bits per heavy atom. The van der Waals surface area contributed by atoms with Gasteiger partial charge in [-0.15, -0.1) is 0 Å². The average molecular weight is 240 g/mol. The van der Waals surface area contributed by atoms with Crippen molar-refractivity contribution in [3.05, 3.63) is 48.4 Å². The van der Waals surface area contributed by atoms with Gasteiger partial charge in [0, 0.05) is 12.3 Å². The normalized spacial score (nSPS) is 10.7. The number of anilines is 1. The maximum Gasteiger partial charge on any atom is 0.155 e. The van der Waals surface area contributed by atoms with Crippen molar-refractivity contribution < 1.29 is 4.42 Å². The van der Waals surface area contributed by atoms with E-state index < -0.39 is 0 Å². The lowest BCUT2D eigenvalue weighted by Gasteiger charge is -2.02. The van der Waals surface area contributed by atoms with Crippen LogP contribution in [0, 0.1) is 6.92 Å². The third-order valence-electron chi connectivity index (χ3n) is 2.62. The highest BCUT2D eigenvalue weighted by molar-refractivity contribution is 5.58. The number of furan rings is 1. The van der Waals surface area contributed by atoms with Crippen LogP contribution in [0.2, 0.25) is 0 Å². The summed E-state index contributed by atoms with van der Waals surface area (Å²) in [5, 5.41) is 4.39. The highest BCUT2D eigenvalue weighted by atomic mass is 16.3. The van der Waals surface area contributed by atoms with Crippen LogP contribution in [0.4, 0.5) is 5.82 Å².